The molecule has 0 saturated carbocycles. The zero-order valence-electron chi connectivity index (χ0n) is 11.5. The Morgan fingerprint density at radius 2 is 1.61 bits per heavy atom. The van der Waals surface area contributed by atoms with Gasteiger partial charge in [0.25, 0.3) is 0 Å². The molecular weight excluding hydrogens is 451 g/mol. The van der Waals surface area contributed by atoms with E-state index in [4.69, 9.17) is 27.4 Å². The average molecular weight is 460 g/mol. The molecule has 0 saturated heterocycles. The predicted molar refractivity (Wildman–Crippen MR) is 91.5 cm³/mol. The lowest BCUT2D eigenvalue weighted by atomic mass is 10.3. The van der Waals surface area contributed by atoms with Crippen LogP contribution in [-0.2, 0) is 20.0 Å². The van der Waals surface area contributed by atoms with Crippen LogP contribution < -0.4 is 4.18 Å². The van der Waals surface area contributed by atoms with Crippen molar-refractivity contribution in [3.8, 4) is 5.75 Å². The van der Waals surface area contributed by atoms with E-state index < -0.39 is 20.0 Å². The number of benzene rings is 2. The van der Waals surface area contributed by atoms with Crippen LogP contribution in [0.1, 0.15) is 0 Å². The molecule has 0 radical (unpaired) electrons. The second-order valence-electron chi connectivity index (χ2n) is 4.48. The average Bonchev–Trinajstić information content (AvgIpc) is 2.41. The van der Waals surface area contributed by atoms with Gasteiger partial charge >= 0.3 is 10.1 Å². The van der Waals surface area contributed by atoms with Crippen LogP contribution in [0, 0.1) is 0 Å². The van der Waals surface area contributed by atoms with E-state index in [-0.39, 0.29) is 30.1 Å². The van der Waals surface area contributed by atoms with Crippen molar-refractivity contribution < 1.29 is 21.0 Å². The maximum Gasteiger partial charge on any atom is 0.340 e. The van der Waals surface area contributed by atoms with Crippen LogP contribution >= 0.6 is 39.1 Å². The van der Waals surface area contributed by atoms with E-state index in [1.165, 1.54) is 30.3 Å². The topological polar surface area (TPSA) is 77.5 Å². The van der Waals surface area contributed by atoms with Crippen molar-refractivity contribution in [2.75, 3.05) is 6.26 Å². The first-order valence-corrected chi connectivity index (χ1v) is 10.7. The fraction of sp³-hybridized carbons (Fsp3) is 0.0769. The third-order valence-corrected chi connectivity index (χ3v) is 6.79. The van der Waals surface area contributed by atoms with Gasteiger partial charge in [-0.25, -0.2) is 8.42 Å². The van der Waals surface area contributed by atoms with Gasteiger partial charge in [-0.1, -0.05) is 23.2 Å². The minimum absolute atomic E-state index is 0.0453. The van der Waals surface area contributed by atoms with Crippen LogP contribution in [0.4, 0.5) is 0 Å². The molecule has 0 aliphatic heterocycles. The lowest BCUT2D eigenvalue weighted by Gasteiger charge is -2.10. The molecule has 0 aromatic heterocycles. The first kappa shape index (κ1) is 18.5. The van der Waals surface area contributed by atoms with Crippen LogP contribution in [-0.4, -0.2) is 23.1 Å². The van der Waals surface area contributed by atoms with E-state index in [9.17, 15) is 16.8 Å². The van der Waals surface area contributed by atoms with Gasteiger partial charge in [-0.2, -0.15) is 8.42 Å². The molecule has 0 aliphatic carbocycles. The third-order valence-electron chi connectivity index (χ3n) is 2.70. The van der Waals surface area contributed by atoms with Gasteiger partial charge in [0.15, 0.2) is 9.84 Å². The molecule has 2 aromatic carbocycles. The molecule has 0 bridgehead atoms. The first-order chi connectivity index (χ1) is 10.5. The fourth-order valence-electron chi connectivity index (χ4n) is 1.61. The zero-order chi connectivity index (χ0) is 17.4. The highest BCUT2D eigenvalue weighted by Crippen LogP contribution is 2.31. The second kappa shape index (κ2) is 6.60. The predicted octanol–water partition coefficient (Wildman–Crippen LogP) is 3.93. The second-order valence-corrected chi connectivity index (χ2v) is 9.68. The molecule has 0 N–H and O–H groups in total. The first-order valence-electron chi connectivity index (χ1n) is 5.90. The van der Waals surface area contributed by atoms with Gasteiger partial charge in [-0.3, -0.25) is 0 Å². The highest BCUT2D eigenvalue weighted by Gasteiger charge is 2.23. The molecule has 0 spiro atoms. The Morgan fingerprint density at radius 3 is 2.17 bits per heavy atom. The molecule has 0 heterocycles. The van der Waals surface area contributed by atoms with Crippen LogP contribution in [0.2, 0.25) is 10.0 Å². The largest absolute Gasteiger partial charge is 0.379 e. The monoisotopic (exact) mass is 458 g/mol. The SMILES string of the molecule is CS(=O)(=O)c1ccc(Br)c(S(=O)(=O)Oc2ccc(Cl)c(Cl)c2)c1. The number of halogens is 3. The van der Waals surface area contributed by atoms with Crippen molar-refractivity contribution in [2.45, 2.75) is 9.79 Å². The van der Waals surface area contributed by atoms with Crippen LogP contribution in [0.25, 0.3) is 0 Å². The molecule has 10 heteroatoms. The summed E-state index contributed by atoms with van der Waals surface area (Å²) >= 11 is 14.6. The highest BCUT2D eigenvalue weighted by atomic mass is 79.9. The Labute approximate surface area is 152 Å². The van der Waals surface area contributed by atoms with Gasteiger partial charge in [0, 0.05) is 16.8 Å². The summed E-state index contributed by atoms with van der Waals surface area (Å²) in [6, 6.07) is 7.60. The molecule has 0 amide bonds. The molecule has 0 fully saturated rings. The molecule has 0 unspecified atom stereocenters. The number of hydrogen-bond acceptors (Lipinski definition) is 5. The Morgan fingerprint density at radius 1 is 0.957 bits per heavy atom. The molecule has 124 valence electrons. The highest BCUT2D eigenvalue weighted by molar-refractivity contribution is 9.10. The quantitative estimate of drug-likeness (QED) is 0.647. The van der Waals surface area contributed by atoms with E-state index >= 15 is 0 Å². The van der Waals surface area contributed by atoms with Gasteiger partial charge in [0.1, 0.15) is 10.6 Å². The molecule has 0 aliphatic rings. The summed E-state index contributed by atoms with van der Waals surface area (Å²) in [5.74, 6) is -0.0453. The lowest BCUT2D eigenvalue weighted by molar-refractivity contribution is 0.485. The maximum absolute atomic E-state index is 12.4. The van der Waals surface area contributed by atoms with Crippen molar-refractivity contribution in [1.29, 1.82) is 0 Å². The zero-order valence-corrected chi connectivity index (χ0v) is 16.2. The third kappa shape index (κ3) is 4.39. The smallest absolute Gasteiger partial charge is 0.340 e. The van der Waals surface area contributed by atoms with E-state index in [0.29, 0.717) is 0 Å². The van der Waals surface area contributed by atoms with Crippen LogP contribution in [0.15, 0.2) is 50.7 Å². The summed E-state index contributed by atoms with van der Waals surface area (Å²) in [5.41, 5.74) is 0. The summed E-state index contributed by atoms with van der Waals surface area (Å²) in [6.07, 6.45) is 0.979. The summed E-state index contributed by atoms with van der Waals surface area (Å²) in [4.78, 5) is -0.455. The van der Waals surface area contributed by atoms with Crippen molar-refractivity contribution in [1.82, 2.24) is 0 Å². The van der Waals surface area contributed by atoms with Crippen molar-refractivity contribution in [3.63, 3.8) is 0 Å². The van der Waals surface area contributed by atoms with Gasteiger partial charge in [-0.05, 0) is 46.3 Å². The van der Waals surface area contributed by atoms with Gasteiger partial charge in [0.2, 0.25) is 0 Å². The standard InChI is InChI=1S/C13H9BrCl2O5S2/c1-22(17,18)9-3-4-10(14)13(7-9)23(19,20)21-8-2-5-11(15)12(16)6-8/h2-7H,1H3. The minimum atomic E-state index is -4.27. The van der Waals surface area contributed by atoms with Crippen molar-refractivity contribution in [3.05, 3.63) is 50.9 Å². The molecule has 0 atom stereocenters. The van der Waals surface area contributed by atoms with E-state index in [1.54, 1.807) is 0 Å². The Kier molecular flexibility index (Phi) is 5.32. The van der Waals surface area contributed by atoms with Crippen LogP contribution in [0.3, 0.4) is 0 Å². The summed E-state index contributed by atoms with van der Waals surface area (Å²) in [5, 5.41) is 0.375. The van der Waals surface area contributed by atoms with E-state index in [2.05, 4.69) is 15.9 Å². The number of rotatable bonds is 4. The van der Waals surface area contributed by atoms with Gasteiger partial charge in [0.05, 0.1) is 14.9 Å². The fourth-order valence-corrected chi connectivity index (χ4v) is 4.48. The molecule has 5 nitrogen and oxygen atoms in total. The van der Waals surface area contributed by atoms with Crippen LogP contribution in [0.5, 0.6) is 5.75 Å². The Bertz CT molecular complexity index is 972. The molecule has 23 heavy (non-hydrogen) atoms. The summed E-state index contributed by atoms with van der Waals surface area (Å²) < 4.78 is 53.1. The Balaban J connectivity index is 2.49. The Hall–Kier alpha value is -0.800. The van der Waals surface area contributed by atoms with E-state index in [1.807, 2.05) is 0 Å². The number of hydrogen-bond donors (Lipinski definition) is 0. The van der Waals surface area contributed by atoms with Crippen molar-refractivity contribution in [2.24, 2.45) is 0 Å². The van der Waals surface area contributed by atoms with Gasteiger partial charge in [-0.15, -0.1) is 0 Å². The minimum Gasteiger partial charge on any atom is -0.379 e. The number of sulfone groups is 1. The normalized spacial score (nSPS) is 12.2. The van der Waals surface area contributed by atoms with E-state index in [0.717, 1.165) is 12.3 Å². The lowest BCUT2D eigenvalue weighted by Crippen LogP contribution is -2.11. The van der Waals surface area contributed by atoms with Gasteiger partial charge < -0.3 is 4.18 Å². The molecular formula is C13H9BrCl2O5S2. The van der Waals surface area contributed by atoms with Crippen molar-refractivity contribution >= 4 is 59.1 Å². The summed E-state index contributed by atoms with van der Waals surface area (Å²) in [6.45, 7) is 0. The summed E-state index contributed by atoms with van der Waals surface area (Å²) in [7, 11) is -7.84. The molecule has 2 rings (SSSR count). The molecule has 2 aromatic rings. The maximum atomic E-state index is 12.4.